The maximum absolute atomic E-state index is 11.8. The lowest BCUT2D eigenvalue weighted by molar-refractivity contribution is 0.102. The fourth-order valence-corrected chi connectivity index (χ4v) is 1.94. The molecule has 2 heterocycles. The second-order valence-corrected chi connectivity index (χ2v) is 3.94. The standard InChI is InChI=1S/C10H7N5OS/c16-10(8-5-12-17-15-8)13-7-3-1-2-6-4-11-14-9(6)7/h1-5H,(H,11,14)(H,13,16). The van der Waals surface area contributed by atoms with Gasteiger partial charge in [0, 0.05) is 5.39 Å². The monoisotopic (exact) mass is 245 g/mol. The van der Waals surface area contributed by atoms with Crippen molar-refractivity contribution in [2.24, 2.45) is 0 Å². The molecular weight excluding hydrogens is 238 g/mol. The van der Waals surface area contributed by atoms with Gasteiger partial charge in [-0.05, 0) is 6.07 Å². The van der Waals surface area contributed by atoms with Gasteiger partial charge >= 0.3 is 0 Å². The Morgan fingerprint density at radius 3 is 3.12 bits per heavy atom. The van der Waals surface area contributed by atoms with Crippen molar-refractivity contribution < 1.29 is 4.79 Å². The van der Waals surface area contributed by atoms with E-state index in [1.807, 2.05) is 12.1 Å². The number of benzene rings is 1. The summed E-state index contributed by atoms with van der Waals surface area (Å²) < 4.78 is 7.66. The number of para-hydroxylation sites is 1. The van der Waals surface area contributed by atoms with Crippen LogP contribution in [0, 0.1) is 0 Å². The van der Waals surface area contributed by atoms with E-state index < -0.39 is 0 Å². The number of nitrogens with one attached hydrogen (secondary N) is 2. The van der Waals surface area contributed by atoms with Crippen LogP contribution < -0.4 is 5.32 Å². The first-order valence-corrected chi connectivity index (χ1v) is 5.58. The van der Waals surface area contributed by atoms with Gasteiger partial charge in [0.25, 0.3) is 5.91 Å². The quantitative estimate of drug-likeness (QED) is 0.719. The van der Waals surface area contributed by atoms with Crippen LogP contribution >= 0.6 is 11.7 Å². The van der Waals surface area contributed by atoms with Crippen LogP contribution in [0.3, 0.4) is 0 Å². The SMILES string of the molecule is O=C(Nc1cccc2cn[nH]c12)c1cnsn1. The van der Waals surface area contributed by atoms with Crippen LogP contribution in [0.4, 0.5) is 5.69 Å². The van der Waals surface area contributed by atoms with Gasteiger partial charge in [-0.1, -0.05) is 12.1 Å². The Morgan fingerprint density at radius 2 is 2.29 bits per heavy atom. The van der Waals surface area contributed by atoms with E-state index in [1.54, 1.807) is 12.3 Å². The van der Waals surface area contributed by atoms with Crippen molar-refractivity contribution in [2.75, 3.05) is 5.32 Å². The van der Waals surface area contributed by atoms with Crippen molar-refractivity contribution >= 4 is 34.2 Å². The van der Waals surface area contributed by atoms with Gasteiger partial charge in [-0.15, -0.1) is 0 Å². The number of carbonyl (C=O) groups is 1. The van der Waals surface area contributed by atoms with E-state index in [0.29, 0.717) is 11.4 Å². The number of hydrogen-bond acceptors (Lipinski definition) is 5. The first-order valence-electron chi connectivity index (χ1n) is 4.85. The Bertz CT molecular complexity index is 660. The molecule has 7 heteroatoms. The second kappa shape index (κ2) is 3.95. The molecule has 0 atom stereocenters. The lowest BCUT2D eigenvalue weighted by Gasteiger charge is -2.03. The van der Waals surface area contributed by atoms with Gasteiger partial charge in [0.1, 0.15) is 0 Å². The van der Waals surface area contributed by atoms with Crippen LogP contribution in [0.25, 0.3) is 10.9 Å². The molecule has 0 fully saturated rings. The summed E-state index contributed by atoms with van der Waals surface area (Å²) >= 11 is 1.00. The number of aromatic amines is 1. The number of H-pyrrole nitrogens is 1. The van der Waals surface area contributed by atoms with E-state index in [4.69, 9.17) is 0 Å². The number of hydrogen-bond donors (Lipinski definition) is 2. The zero-order valence-corrected chi connectivity index (χ0v) is 9.36. The molecule has 0 spiro atoms. The minimum Gasteiger partial charge on any atom is -0.319 e. The van der Waals surface area contributed by atoms with E-state index in [-0.39, 0.29) is 5.91 Å². The molecule has 0 saturated heterocycles. The molecule has 0 unspecified atom stereocenters. The summed E-state index contributed by atoms with van der Waals surface area (Å²) in [5.74, 6) is -0.277. The van der Waals surface area contributed by atoms with Crippen molar-refractivity contribution in [2.45, 2.75) is 0 Å². The number of fused-ring (bicyclic) bond motifs is 1. The zero-order valence-electron chi connectivity index (χ0n) is 8.54. The van der Waals surface area contributed by atoms with E-state index in [0.717, 1.165) is 22.6 Å². The molecule has 1 aromatic carbocycles. The molecule has 0 radical (unpaired) electrons. The Kier molecular flexibility index (Phi) is 2.30. The van der Waals surface area contributed by atoms with Crippen LogP contribution in [0.2, 0.25) is 0 Å². The van der Waals surface area contributed by atoms with Gasteiger partial charge in [-0.25, -0.2) is 0 Å². The van der Waals surface area contributed by atoms with Gasteiger partial charge in [0.15, 0.2) is 5.69 Å². The number of aromatic nitrogens is 4. The van der Waals surface area contributed by atoms with Crippen LogP contribution in [-0.4, -0.2) is 24.9 Å². The third-order valence-electron chi connectivity index (χ3n) is 2.32. The van der Waals surface area contributed by atoms with Gasteiger partial charge in [-0.2, -0.15) is 13.8 Å². The van der Waals surface area contributed by atoms with Crippen LogP contribution in [0.5, 0.6) is 0 Å². The number of anilines is 1. The van der Waals surface area contributed by atoms with Crippen molar-refractivity contribution in [3.05, 3.63) is 36.3 Å². The average molecular weight is 245 g/mol. The largest absolute Gasteiger partial charge is 0.319 e. The summed E-state index contributed by atoms with van der Waals surface area (Å²) in [6, 6.07) is 5.57. The summed E-state index contributed by atoms with van der Waals surface area (Å²) in [6.07, 6.45) is 3.14. The highest BCUT2D eigenvalue weighted by molar-refractivity contribution is 6.99. The lowest BCUT2D eigenvalue weighted by atomic mass is 10.2. The smallest absolute Gasteiger partial charge is 0.277 e. The molecule has 3 rings (SSSR count). The van der Waals surface area contributed by atoms with E-state index in [1.165, 1.54) is 6.20 Å². The minimum atomic E-state index is -0.277. The molecule has 1 amide bonds. The van der Waals surface area contributed by atoms with Crippen molar-refractivity contribution in [1.82, 2.24) is 18.9 Å². The van der Waals surface area contributed by atoms with Gasteiger partial charge in [-0.3, -0.25) is 9.89 Å². The molecule has 0 saturated carbocycles. The fourth-order valence-electron chi connectivity index (χ4n) is 1.52. The number of rotatable bonds is 2. The van der Waals surface area contributed by atoms with Crippen molar-refractivity contribution in [1.29, 1.82) is 0 Å². The van der Waals surface area contributed by atoms with E-state index in [9.17, 15) is 4.79 Å². The van der Waals surface area contributed by atoms with Gasteiger partial charge in [0.05, 0.1) is 35.3 Å². The summed E-state index contributed by atoms with van der Waals surface area (Å²) in [6.45, 7) is 0. The van der Waals surface area contributed by atoms with Crippen LogP contribution in [0.1, 0.15) is 10.5 Å². The number of nitrogens with zero attached hydrogens (tertiary/aromatic N) is 3. The summed E-state index contributed by atoms with van der Waals surface area (Å²) in [5.41, 5.74) is 1.79. The highest BCUT2D eigenvalue weighted by atomic mass is 32.1. The fraction of sp³-hybridized carbons (Fsp3) is 0. The lowest BCUT2D eigenvalue weighted by Crippen LogP contribution is -2.12. The molecule has 84 valence electrons. The van der Waals surface area contributed by atoms with Crippen molar-refractivity contribution in [3.8, 4) is 0 Å². The average Bonchev–Trinajstić information content (AvgIpc) is 3.00. The summed E-state index contributed by atoms with van der Waals surface area (Å²) in [5, 5.41) is 10.5. The molecular formula is C10H7N5OS. The zero-order chi connectivity index (χ0) is 11.7. The Balaban J connectivity index is 1.95. The molecule has 0 aliphatic carbocycles. The first-order chi connectivity index (χ1) is 8.34. The highest BCUT2D eigenvalue weighted by Gasteiger charge is 2.11. The molecule has 0 bridgehead atoms. The maximum Gasteiger partial charge on any atom is 0.277 e. The highest BCUT2D eigenvalue weighted by Crippen LogP contribution is 2.20. The molecule has 3 aromatic rings. The first kappa shape index (κ1) is 9.91. The molecule has 6 nitrogen and oxygen atoms in total. The third-order valence-corrected chi connectivity index (χ3v) is 2.80. The molecule has 17 heavy (non-hydrogen) atoms. The predicted molar refractivity (Wildman–Crippen MR) is 64.0 cm³/mol. The van der Waals surface area contributed by atoms with Crippen LogP contribution in [0.15, 0.2) is 30.6 Å². The Hall–Kier alpha value is -2.28. The Labute approximate surface area is 100 Å². The molecule has 0 aliphatic rings. The number of carbonyl (C=O) groups excluding carboxylic acids is 1. The van der Waals surface area contributed by atoms with Gasteiger partial charge < -0.3 is 5.32 Å². The van der Waals surface area contributed by atoms with Crippen LogP contribution in [-0.2, 0) is 0 Å². The van der Waals surface area contributed by atoms with Gasteiger partial charge in [0.2, 0.25) is 0 Å². The molecule has 0 aliphatic heterocycles. The summed E-state index contributed by atoms with van der Waals surface area (Å²) in [7, 11) is 0. The third kappa shape index (κ3) is 1.76. The second-order valence-electron chi connectivity index (χ2n) is 3.39. The predicted octanol–water partition coefficient (Wildman–Crippen LogP) is 1.67. The van der Waals surface area contributed by atoms with Crippen molar-refractivity contribution in [3.63, 3.8) is 0 Å². The van der Waals surface area contributed by atoms with E-state index in [2.05, 4.69) is 24.3 Å². The topological polar surface area (TPSA) is 83.6 Å². The normalized spacial score (nSPS) is 10.6. The van der Waals surface area contributed by atoms with E-state index >= 15 is 0 Å². The number of amides is 1. The maximum atomic E-state index is 11.8. The summed E-state index contributed by atoms with van der Waals surface area (Å²) in [4.78, 5) is 11.8. The minimum absolute atomic E-state index is 0.277. The Morgan fingerprint density at radius 1 is 1.35 bits per heavy atom. The molecule has 2 aromatic heterocycles. The molecule has 2 N–H and O–H groups in total.